The topological polar surface area (TPSA) is 98.2 Å². The van der Waals surface area contributed by atoms with Crippen LogP contribution in [0.3, 0.4) is 0 Å². The molecule has 0 bridgehead atoms. The maximum Gasteiger partial charge on any atom is 0.320 e. The van der Waals surface area contributed by atoms with Crippen LogP contribution < -0.4 is 11.3 Å². The van der Waals surface area contributed by atoms with E-state index >= 15 is 0 Å². The second-order valence-corrected chi connectivity index (χ2v) is 6.60. The number of benzene rings is 1. The summed E-state index contributed by atoms with van der Waals surface area (Å²) >= 11 is 6.37. The van der Waals surface area contributed by atoms with E-state index in [1.54, 1.807) is 37.5 Å². The van der Waals surface area contributed by atoms with Crippen LogP contribution in [0.15, 0.2) is 41.3 Å². The van der Waals surface area contributed by atoms with E-state index in [1.807, 2.05) is 13.0 Å². The predicted molar refractivity (Wildman–Crippen MR) is 101 cm³/mol. The molecule has 6 nitrogen and oxygen atoms in total. The molecule has 2 aromatic heterocycles. The average Bonchev–Trinajstić information content (AvgIpc) is 2.61. The van der Waals surface area contributed by atoms with E-state index < -0.39 is 12.0 Å². The van der Waals surface area contributed by atoms with Crippen molar-refractivity contribution in [2.24, 2.45) is 12.8 Å². The molecule has 3 rings (SSSR count). The molecule has 7 heteroatoms. The Morgan fingerprint density at radius 2 is 2.12 bits per heavy atom. The van der Waals surface area contributed by atoms with Gasteiger partial charge in [-0.05, 0) is 31.0 Å². The number of nitrogens with zero attached hydrogens (tertiary/aromatic N) is 2. The standard InChI is InChI=1S/C19H18ClN3O3/c1-10-8-14(20)16(18(24)23(10)2)13-6-5-11(9-15(21)19(25)26)12-4-3-7-22-17(12)13/h3-8,15H,9,21H2,1-2H3,(H,25,26)/t15-/m0/s1. The zero-order chi connectivity index (χ0) is 19.0. The van der Waals surface area contributed by atoms with Crippen molar-refractivity contribution >= 4 is 28.5 Å². The molecule has 0 saturated carbocycles. The van der Waals surface area contributed by atoms with E-state index in [-0.39, 0.29) is 12.0 Å². The molecule has 3 aromatic rings. The number of nitrogens with two attached hydrogens (primary N) is 1. The fraction of sp³-hybridized carbons (Fsp3) is 0.211. The van der Waals surface area contributed by atoms with Crippen molar-refractivity contribution in [3.05, 3.63) is 63.2 Å². The third kappa shape index (κ3) is 3.09. The molecule has 0 amide bonds. The highest BCUT2D eigenvalue weighted by Crippen LogP contribution is 2.32. The molecule has 0 aliphatic rings. The molecule has 0 spiro atoms. The predicted octanol–water partition coefficient (Wildman–Crippen LogP) is 2.52. The van der Waals surface area contributed by atoms with Gasteiger partial charge in [-0.15, -0.1) is 0 Å². The number of rotatable bonds is 4. The minimum atomic E-state index is -1.07. The van der Waals surface area contributed by atoms with Gasteiger partial charge in [-0.25, -0.2) is 0 Å². The number of hydrogen-bond donors (Lipinski definition) is 2. The van der Waals surface area contributed by atoms with Crippen molar-refractivity contribution in [1.29, 1.82) is 0 Å². The lowest BCUT2D eigenvalue weighted by Crippen LogP contribution is -2.32. The van der Waals surface area contributed by atoms with Crippen molar-refractivity contribution in [1.82, 2.24) is 9.55 Å². The van der Waals surface area contributed by atoms with Gasteiger partial charge in [0.25, 0.3) is 5.56 Å². The number of aliphatic carboxylic acids is 1. The Morgan fingerprint density at radius 1 is 1.38 bits per heavy atom. The number of aromatic nitrogens is 2. The van der Waals surface area contributed by atoms with Crippen LogP contribution in [0.5, 0.6) is 0 Å². The monoisotopic (exact) mass is 371 g/mol. The Labute approximate surface area is 154 Å². The third-order valence-electron chi connectivity index (χ3n) is 4.51. The number of carboxylic acid groups (broad SMARTS) is 1. The highest BCUT2D eigenvalue weighted by molar-refractivity contribution is 6.33. The van der Waals surface area contributed by atoms with Gasteiger partial charge >= 0.3 is 5.97 Å². The molecular weight excluding hydrogens is 354 g/mol. The highest BCUT2D eigenvalue weighted by Gasteiger charge is 2.19. The number of aryl methyl sites for hydroxylation is 1. The molecule has 26 heavy (non-hydrogen) atoms. The van der Waals surface area contributed by atoms with Crippen molar-refractivity contribution in [3.8, 4) is 11.1 Å². The first kappa shape index (κ1) is 18.1. The number of halogens is 1. The molecule has 0 aliphatic heterocycles. The first-order valence-corrected chi connectivity index (χ1v) is 8.40. The molecule has 0 unspecified atom stereocenters. The van der Waals surface area contributed by atoms with Gasteiger partial charge in [-0.3, -0.25) is 14.6 Å². The van der Waals surface area contributed by atoms with Crippen molar-refractivity contribution in [2.75, 3.05) is 0 Å². The fourth-order valence-electron chi connectivity index (χ4n) is 2.96. The molecule has 3 N–H and O–H groups in total. The van der Waals surface area contributed by atoms with Gasteiger partial charge in [-0.2, -0.15) is 0 Å². The largest absolute Gasteiger partial charge is 0.480 e. The molecule has 1 atom stereocenters. The lowest BCUT2D eigenvalue weighted by atomic mass is 9.95. The van der Waals surface area contributed by atoms with E-state index in [2.05, 4.69) is 4.98 Å². The van der Waals surface area contributed by atoms with E-state index in [4.69, 9.17) is 22.4 Å². The van der Waals surface area contributed by atoms with Crippen molar-refractivity contribution in [3.63, 3.8) is 0 Å². The molecule has 0 fully saturated rings. The second-order valence-electron chi connectivity index (χ2n) is 6.19. The zero-order valence-corrected chi connectivity index (χ0v) is 15.1. The van der Waals surface area contributed by atoms with Gasteiger partial charge in [0.1, 0.15) is 6.04 Å². The lowest BCUT2D eigenvalue weighted by molar-refractivity contribution is -0.138. The van der Waals surface area contributed by atoms with Gasteiger partial charge in [0.15, 0.2) is 0 Å². The fourth-order valence-corrected chi connectivity index (χ4v) is 3.30. The summed E-state index contributed by atoms with van der Waals surface area (Å²) in [6.07, 6.45) is 1.79. The van der Waals surface area contributed by atoms with Gasteiger partial charge in [0, 0.05) is 29.9 Å². The summed E-state index contributed by atoms with van der Waals surface area (Å²) in [5.41, 5.74) is 8.55. The SMILES string of the molecule is Cc1cc(Cl)c(-c2ccc(C[C@H](N)C(=O)O)c3cccnc23)c(=O)n1C. The van der Waals surface area contributed by atoms with Crippen LogP contribution in [0.4, 0.5) is 0 Å². The van der Waals surface area contributed by atoms with Crippen LogP contribution in [0.25, 0.3) is 22.0 Å². The Kier molecular flexibility index (Phi) is 4.80. The number of pyridine rings is 2. The minimum absolute atomic E-state index is 0.164. The molecule has 0 aliphatic carbocycles. The lowest BCUT2D eigenvalue weighted by Gasteiger charge is -2.14. The Morgan fingerprint density at radius 3 is 2.81 bits per heavy atom. The quantitative estimate of drug-likeness (QED) is 0.734. The molecule has 0 radical (unpaired) electrons. The highest BCUT2D eigenvalue weighted by atomic mass is 35.5. The Bertz CT molecular complexity index is 1080. The summed E-state index contributed by atoms with van der Waals surface area (Å²) in [5, 5.41) is 10.2. The minimum Gasteiger partial charge on any atom is -0.480 e. The molecule has 1 aromatic carbocycles. The van der Waals surface area contributed by atoms with Crippen LogP contribution in [-0.4, -0.2) is 26.7 Å². The summed E-state index contributed by atoms with van der Waals surface area (Å²) in [4.78, 5) is 28.3. The summed E-state index contributed by atoms with van der Waals surface area (Å²) in [6, 6.07) is 7.84. The Hall–Kier alpha value is -2.70. The van der Waals surface area contributed by atoms with Crippen LogP contribution in [0, 0.1) is 6.92 Å². The maximum atomic E-state index is 12.8. The van der Waals surface area contributed by atoms with Crippen molar-refractivity contribution < 1.29 is 9.90 Å². The Balaban J connectivity index is 2.27. The second kappa shape index (κ2) is 6.90. The van der Waals surface area contributed by atoms with E-state index in [0.717, 1.165) is 16.6 Å². The number of fused-ring (bicyclic) bond motifs is 1. The van der Waals surface area contributed by atoms with E-state index in [0.29, 0.717) is 21.7 Å². The average molecular weight is 372 g/mol. The molecule has 2 heterocycles. The number of carboxylic acids is 1. The first-order valence-electron chi connectivity index (χ1n) is 8.02. The number of hydrogen-bond acceptors (Lipinski definition) is 4. The van der Waals surface area contributed by atoms with Crippen LogP contribution in [0.2, 0.25) is 5.02 Å². The summed E-state index contributed by atoms with van der Waals surface area (Å²) in [5.74, 6) is -1.07. The maximum absolute atomic E-state index is 12.8. The van der Waals surface area contributed by atoms with Gasteiger partial charge in [-0.1, -0.05) is 29.8 Å². The van der Waals surface area contributed by atoms with E-state index in [9.17, 15) is 9.59 Å². The van der Waals surface area contributed by atoms with Crippen LogP contribution in [-0.2, 0) is 18.3 Å². The first-order chi connectivity index (χ1) is 12.3. The van der Waals surface area contributed by atoms with E-state index in [1.165, 1.54) is 4.57 Å². The van der Waals surface area contributed by atoms with Crippen LogP contribution in [0.1, 0.15) is 11.3 Å². The van der Waals surface area contributed by atoms with Gasteiger partial charge in [0.2, 0.25) is 0 Å². The van der Waals surface area contributed by atoms with Crippen molar-refractivity contribution in [2.45, 2.75) is 19.4 Å². The third-order valence-corrected chi connectivity index (χ3v) is 4.81. The van der Waals surface area contributed by atoms with Gasteiger partial charge < -0.3 is 15.4 Å². The normalized spacial score (nSPS) is 12.3. The number of carbonyl (C=O) groups is 1. The van der Waals surface area contributed by atoms with Gasteiger partial charge in [0.05, 0.1) is 16.1 Å². The smallest absolute Gasteiger partial charge is 0.320 e. The molecular formula is C19H18ClN3O3. The summed E-state index contributed by atoms with van der Waals surface area (Å²) < 4.78 is 1.53. The summed E-state index contributed by atoms with van der Waals surface area (Å²) in [6.45, 7) is 1.81. The zero-order valence-electron chi connectivity index (χ0n) is 14.4. The summed E-state index contributed by atoms with van der Waals surface area (Å²) in [7, 11) is 1.69. The molecule has 134 valence electrons. The van der Waals surface area contributed by atoms with Crippen LogP contribution >= 0.6 is 11.6 Å². The molecule has 0 saturated heterocycles.